The standard InChI is InChI=1S/C20H17N3O6S/c1-28-15-4-3-5-16-19(15)22(12-18(25)29-2)20(30-16)21-17(24)11-8-13-6-9-14(10-7-13)23(26)27/h3-11H,12H2,1-2H3/b11-8-,21-20?. The van der Waals surface area contributed by atoms with E-state index >= 15 is 0 Å². The Hall–Kier alpha value is -3.79. The van der Waals surface area contributed by atoms with Crippen LogP contribution in [0.1, 0.15) is 5.56 Å². The minimum Gasteiger partial charge on any atom is -0.495 e. The molecule has 9 nitrogen and oxygen atoms in total. The third-order valence-electron chi connectivity index (χ3n) is 4.13. The maximum atomic E-state index is 12.4. The number of thiazole rings is 1. The lowest BCUT2D eigenvalue weighted by Crippen LogP contribution is -2.22. The summed E-state index contributed by atoms with van der Waals surface area (Å²) in [6.07, 6.45) is 2.76. The molecule has 1 heterocycles. The van der Waals surface area contributed by atoms with Gasteiger partial charge in [-0.15, -0.1) is 0 Å². The molecule has 1 aromatic heterocycles. The average Bonchev–Trinajstić information content (AvgIpc) is 3.09. The first kappa shape index (κ1) is 20.9. The minimum atomic E-state index is -0.544. The van der Waals surface area contributed by atoms with Gasteiger partial charge in [-0.05, 0) is 35.9 Å². The Morgan fingerprint density at radius 3 is 2.57 bits per heavy atom. The Kier molecular flexibility index (Phi) is 6.38. The smallest absolute Gasteiger partial charge is 0.325 e. The first-order chi connectivity index (χ1) is 14.4. The number of esters is 1. The predicted molar refractivity (Wildman–Crippen MR) is 111 cm³/mol. The van der Waals surface area contributed by atoms with Crippen LogP contribution in [0.2, 0.25) is 0 Å². The van der Waals surface area contributed by atoms with Crippen LogP contribution in [0.4, 0.5) is 5.69 Å². The van der Waals surface area contributed by atoms with Gasteiger partial charge in [0.2, 0.25) is 0 Å². The van der Waals surface area contributed by atoms with Gasteiger partial charge >= 0.3 is 5.97 Å². The normalized spacial score (nSPS) is 11.7. The van der Waals surface area contributed by atoms with Gasteiger partial charge in [-0.25, -0.2) is 0 Å². The molecule has 0 aliphatic carbocycles. The molecule has 0 unspecified atom stereocenters. The third-order valence-corrected chi connectivity index (χ3v) is 5.17. The molecule has 30 heavy (non-hydrogen) atoms. The number of methoxy groups -OCH3 is 2. The molecular weight excluding hydrogens is 410 g/mol. The highest BCUT2D eigenvalue weighted by atomic mass is 32.1. The number of hydrogen-bond acceptors (Lipinski definition) is 7. The zero-order chi connectivity index (χ0) is 21.7. The number of carbonyl (C=O) groups is 2. The number of nitro groups is 1. The van der Waals surface area contributed by atoms with Gasteiger partial charge in [0.25, 0.3) is 11.6 Å². The number of non-ortho nitro benzene ring substituents is 1. The Labute approximate surface area is 174 Å². The van der Waals surface area contributed by atoms with E-state index in [-0.39, 0.29) is 12.2 Å². The lowest BCUT2D eigenvalue weighted by Gasteiger charge is -2.07. The molecule has 154 valence electrons. The number of para-hydroxylation sites is 1. The monoisotopic (exact) mass is 427 g/mol. The largest absolute Gasteiger partial charge is 0.495 e. The van der Waals surface area contributed by atoms with E-state index in [9.17, 15) is 19.7 Å². The number of nitrogens with zero attached hydrogens (tertiary/aromatic N) is 3. The fourth-order valence-electron chi connectivity index (χ4n) is 2.69. The maximum absolute atomic E-state index is 12.4. The van der Waals surface area contributed by atoms with E-state index in [0.717, 1.165) is 4.70 Å². The van der Waals surface area contributed by atoms with E-state index in [1.165, 1.54) is 62.0 Å². The molecule has 0 aliphatic heterocycles. The van der Waals surface area contributed by atoms with Crippen LogP contribution in [-0.4, -0.2) is 35.6 Å². The number of amides is 1. The van der Waals surface area contributed by atoms with Gasteiger partial charge in [-0.3, -0.25) is 19.7 Å². The van der Waals surface area contributed by atoms with Crippen LogP contribution in [0.3, 0.4) is 0 Å². The number of aromatic nitrogens is 1. The second kappa shape index (κ2) is 9.14. The molecule has 3 rings (SSSR count). The molecule has 1 amide bonds. The van der Waals surface area contributed by atoms with Crippen molar-refractivity contribution < 1.29 is 24.0 Å². The lowest BCUT2D eigenvalue weighted by atomic mass is 10.2. The number of fused-ring (bicyclic) bond motifs is 1. The van der Waals surface area contributed by atoms with Crippen molar-refractivity contribution in [3.8, 4) is 5.75 Å². The number of rotatable bonds is 6. The van der Waals surface area contributed by atoms with E-state index in [0.29, 0.717) is 21.6 Å². The molecule has 0 saturated carbocycles. The fraction of sp³-hybridized carbons (Fsp3) is 0.150. The second-order valence-corrected chi connectivity index (χ2v) is 7.00. The van der Waals surface area contributed by atoms with Crippen molar-refractivity contribution in [2.75, 3.05) is 14.2 Å². The maximum Gasteiger partial charge on any atom is 0.325 e. The minimum absolute atomic E-state index is 0.0359. The van der Waals surface area contributed by atoms with Crippen LogP contribution >= 0.6 is 11.3 Å². The fourth-order valence-corrected chi connectivity index (χ4v) is 3.75. The average molecular weight is 427 g/mol. The van der Waals surface area contributed by atoms with Crippen molar-refractivity contribution in [2.24, 2.45) is 4.99 Å². The van der Waals surface area contributed by atoms with E-state index in [1.807, 2.05) is 6.07 Å². The Morgan fingerprint density at radius 2 is 1.93 bits per heavy atom. The van der Waals surface area contributed by atoms with Gasteiger partial charge in [-0.2, -0.15) is 4.99 Å². The zero-order valence-electron chi connectivity index (χ0n) is 16.1. The van der Waals surface area contributed by atoms with Gasteiger partial charge in [0.05, 0.1) is 23.8 Å². The summed E-state index contributed by atoms with van der Waals surface area (Å²) in [7, 11) is 2.80. The van der Waals surface area contributed by atoms with Crippen LogP contribution in [0.25, 0.3) is 16.3 Å². The highest BCUT2D eigenvalue weighted by molar-refractivity contribution is 7.16. The van der Waals surface area contributed by atoms with Gasteiger partial charge in [0.1, 0.15) is 17.8 Å². The summed E-state index contributed by atoms with van der Waals surface area (Å²) in [5.41, 5.74) is 1.22. The van der Waals surface area contributed by atoms with E-state index in [1.54, 1.807) is 16.7 Å². The molecule has 0 saturated heterocycles. The summed E-state index contributed by atoms with van der Waals surface area (Å²) < 4.78 is 12.5. The molecule has 0 N–H and O–H groups in total. The highest BCUT2D eigenvalue weighted by Crippen LogP contribution is 2.27. The highest BCUT2D eigenvalue weighted by Gasteiger charge is 2.15. The topological polar surface area (TPSA) is 113 Å². The third kappa shape index (κ3) is 4.61. The summed E-state index contributed by atoms with van der Waals surface area (Å²) in [6, 6.07) is 11.2. The molecule has 0 fully saturated rings. The second-order valence-electron chi connectivity index (χ2n) is 5.99. The summed E-state index contributed by atoms with van der Waals surface area (Å²) in [4.78, 5) is 38.9. The van der Waals surface area contributed by atoms with Crippen molar-refractivity contribution in [3.05, 3.63) is 69.0 Å². The van der Waals surface area contributed by atoms with Crippen molar-refractivity contribution in [2.45, 2.75) is 6.54 Å². The molecule has 0 aliphatic rings. The van der Waals surface area contributed by atoms with Crippen LogP contribution < -0.4 is 9.54 Å². The number of carbonyl (C=O) groups excluding carboxylic acids is 2. The summed E-state index contributed by atoms with van der Waals surface area (Å²) in [6.45, 7) is -0.130. The Bertz CT molecular complexity index is 1210. The lowest BCUT2D eigenvalue weighted by molar-refractivity contribution is -0.384. The van der Waals surface area contributed by atoms with Gasteiger partial charge in [-0.1, -0.05) is 17.4 Å². The SMILES string of the molecule is COC(=O)Cn1c(=NC(=O)/C=C\c2ccc([N+](=O)[O-])cc2)sc2cccc(OC)c21. The van der Waals surface area contributed by atoms with Crippen LogP contribution in [-0.2, 0) is 20.9 Å². The van der Waals surface area contributed by atoms with Gasteiger partial charge in [0, 0.05) is 18.2 Å². The van der Waals surface area contributed by atoms with E-state index in [2.05, 4.69) is 4.99 Å². The predicted octanol–water partition coefficient (Wildman–Crippen LogP) is 2.93. The molecule has 3 aromatic rings. The van der Waals surface area contributed by atoms with Crippen LogP contribution in [0, 0.1) is 10.1 Å². The molecule has 0 bridgehead atoms. The first-order valence-electron chi connectivity index (χ1n) is 8.67. The summed E-state index contributed by atoms with van der Waals surface area (Å²) in [5, 5.41) is 10.7. The number of nitro benzene ring substituents is 1. The number of hydrogen-bond donors (Lipinski definition) is 0. The molecular formula is C20H17N3O6S. The van der Waals surface area contributed by atoms with Crippen molar-refractivity contribution in [1.29, 1.82) is 0 Å². The Morgan fingerprint density at radius 1 is 1.20 bits per heavy atom. The van der Waals surface area contributed by atoms with Crippen LogP contribution in [0.15, 0.2) is 53.5 Å². The van der Waals surface area contributed by atoms with Gasteiger partial charge < -0.3 is 14.0 Å². The molecule has 2 aromatic carbocycles. The summed E-state index contributed by atoms with van der Waals surface area (Å²) >= 11 is 1.24. The van der Waals surface area contributed by atoms with Crippen LogP contribution in [0.5, 0.6) is 5.75 Å². The molecule has 0 atom stereocenters. The summed E-state index contributed by atoms with van der Waals surface area (Å²) in [5.74, 6) is -0.489. The molecule has 0 radical (unpaired) electrons. The zero-order valence-corrected chi connectivity index (χ0v) is 16.9. The molecule has 10 heteroatoms. The quantitative estimate of drug-likeness (QED) is 0.259. The van der Waals surface area contributed by atoms with E-state index < -0.39 is 16.8 Å². The van der Waals surface area contributed by atoms with Crippen molar-refractivity contribution >= 4 is 45.2 Å². The number of ether oxygens (including phenoxy) is 2. The first-order valence-corrected chi connectivity index (χ1v) is 9.49. The van der Waals surface area contributed by atoms with Crippen molar-refractivity contribution in [3.63, 3.8) is 0 Å². The molecule has 0 spiro atoms. The van der Waals surface area contributed by atoms with Crippen molar-refractivity contribution in [1.82, 2.24) is 4.57 Å². The van der Waals surface area contributed by atoms with E-state index in [4.69, 9.17) is 9.47 Å². The number of benzene rings is 2. The van der Waals surface area contributed by atoms with Gasteiger partial charge in [0.15, 0.2) is 4.80 Å². The Balaban J connectivity index is 1.97.